The van der Waals surface area contributed by atoms with Crippen molar-refractivity contribution < 1.29 is 14.3 Å². The van der Waals surface area contributed by atoms with Crippen molar-refractivity contribution in [3.05, 3.63) is 64.5 Å². The number of anilines is 1. The Kier molecular flexibility index (Phi) is 5.66. The van der Waals surface area contributed by atoms with Gasteiger partial charge >= 0.3 is 0 Å². The van der Waals surface area contributed by atoms with E-state index in [4.69, 9.17) is 4.74 Å². The predicted molar refractivity (Wildman–Crippen MR) is 108 cm³/mol. The largest absolute Gasteiger partial charge is 0.496 e. The van der Waals surface area contributed by atoms with E-state index in [2.05, 4.69) is 10.3 Å². The summed E-state index contributed by atoms with van der Waals surface area (Å²) in [5.41, 5.74) is 3.31. The van der Waals surface area contributed by atoms with Crippen LogP contribution in [0.2, 0.25) is 0 Å². The van der Waals surface area contributed by atoms with Gasteiger partial charge in [0.25, 0.3) is 0 Å². The number of methoxy groups -OCH3 is 1. The summed E-state index contributed by atoms with van der Waals surface area (Å²) in [5, 5.41) is 3.23. The van der Waals surface area contributed by atoms with E-state index in [9.17, 15) is 9.59 Å². The van der Waals surface area contributed by atoms with Gasteiger partial charge in [-0.3, -0.25) is 9.59 Å². The molecule has 0 aliphatic rings. The minimum atomic E-state index is -0.178. The van der Waals surface area contributed by atoms with Crippen LogP contribution in [-0.2, 0) is 11.2 Å². The third kappa shape index (κ3) is 4.41. The number of carbonyl (C=O) groups excluding carboxylic acids is 2. The quantitative estimate of drug-likeness (QED) is 0.639. The highest BCUT2D eigenvalue weighted by atomic mass is 32.1. The van der Waals surface area contributed by atoms with Gasteiger partial charge in [-0.05, 0) is 24.1 Å². The number of aryl methyl sites for hydroxylation is 1. The minimum absolute atomic E-state index is 0.0716. The molecule has 0 fully saturated rings. The van der Waals surface area contributed by atoms with Crippen LogP contribution in [0.4, 0.5) is 5.13 Å². The van der Waals surface area contributed by atoms with Crippen molar-refractivity contribution in [1.82, 2.24) is 4.98 Å². The van der Waals surface area contributed by atoms with Crippen LogP contribution in [0.5, 0.6) is 5.75 Å². The molecule has 1 heterocycles. The second-order valence-corrected chi connectivity index (χ2v) is 7.15. The van der Waals surface area contributed by atoms with E-state index >= 15 is 0 Å². The number of ketones is 1. The van der Waals surface area contributed by atoms with Crippen molar-refractivity contribution in [2.45, 2.75) is 20.3 Å². The van der Waals surface area contributed by atoms with E-state index in [0.717, 1.165) is 22.4 Å². The minimum Gasteiger partial charge on any atom is -0.496 e. The summed E-state index contributed by atoms with van der Waals surface area (Å²) >= 11 is 1.20. The van der Waals surface area contributed by atoms with Crippen molar-refractivity contribution in [1.29, 1.82) is 0 Å². The SMILES string of the molecule is COc1ccc(CC(=O)Nc2nc(-c3ccccc3)c(C(C)=O)s2)cc1C. The molecule has 6 heteroatoms. The zero-order valence-corrected chi connectivity index (χ0v) is 16.2. The fraction of sp³-hybridized carbons (Fsp3) is 0.190. The first kappa shape index (κ1) is 18.8. The second kappa shape index (κ2) is 8.14. The third-order valence-electron chi connectivity index (χ3n) is 4.06. The molecule has 0 bridgehead atoms. The molecule has 0 saturated carbocycles. The number of thiazole rings is 1. The lowest BCUT2D eigenvalue weighted by Gasteiger charge is -2.07. The van der Waals surface area contributed by atoms with Crippen LogP contribution in [0.1, 0.15) is 27.7 Å². The molecular weight excluding hydrogens is 360 g/mol. The van der Waals surface area contributed by atoms with E-state index < -0.39 is 0 Å². The fourth-order valence-electron chi connectivity index (χ4n) is 2.80. The topological polar surface area (TPSA) is 68.3 Å². The van der Waals surface area contributed by atoms with E-state index in [1.807, 2.05) is 55.5 Å². The Morgan fingerprint density at radius 1 is 1.15 bits per heavy atom. The Balaban J connectivity index is 1.78. The smallest absolute Gasteiger partial charge is 0.230 e. The molecule has 1 N–H and O–H groups in total. The number of nitrogens with zero attached hydrogens (tertiary/aromatic N) is 1. The average molecular weight is 380 g/mol. The van der Waals surface area contributed by atoms with Gasteiger partial charge in [-0.15, -0.1) is 0 Å². The molecule has 1 aromatic heterocycles. The summed E-state index contributed by atoms with van der Waals surface area (Å²) in [7, 11) is 1.62. The number of hydrogen-bond donors (Lipinski definition) is 1. The second-order valence-electron chi connectivity index (χ2n) is 6.15. The number of amides is 1. The van der Waals surface area contributed by atoms with Crippen LogP contribution in [0.3, 0.4) is 0 Å². The Bertz CT molecular complexity index is 980. The highest BCUT2D eigenvalue weighted by molar-refractivity contribution is 7.18. The molecule has 0 radical (unpaired) electrons. The number of nitrogens with one attached hydrogen (secondary N) is 1. The van der Waals surface area contributed by atoms with Crippen molar-refractivity contribution in [2.75, 3.05) is 12.4 Å². The summed E-state index contributed by atoms with van der Waals surface area (Å²) in [5.74, 6) is 0.540. The normalized spacial score (nSPS) is 10.5. The summed E-state index contributed by atoms with van der Waals surface area (Å²) in [6.45, 7) is 3.44. The lowest BCUT2D eigenvalue weighted by molar-refractivity contribution is -0.115. The summed E-state index contributed by atoms with van der Waals surface area (Å²) < 4.78 is 5.24. The maximum absolute atomic E-state index is 12.4. The molecule has 138 valence electrons. The Labute approximate surface area is 162 Å². The molecule has 2 aromatic carbocycles. The van der Waals surface area contributed by atoms with Crippen molar-refractivity contribution >= 4 is 28.2 Å². The van der Waals surface area contributed by atoms with Crippen LogP contribution in [0.15, 0.2) is 48.5 Å². The summed E-state index contributed by atoms with van der Waals surface area (Å²) in [6.07, 6.45) is 0.223. The first-order chi connectivity index (χ1) is 13.0. The number of rotatable bonds is 6. The number of Topliss-reactive ketones (excluding diaryl/α,β-unsaturated/α-hetero) is 1. The summed E-state index contributed by atoms with van der Waals surface area (Å²) in [4.78, 5) is 29.4. The van der Waals surface area contributed by atoms with E-state index in [1.165, 1.54) is 18.3 Å². The van der Waals surface area contributed by atoms with E-state index in [-0.39, 0.29) is 18.1 Å². The lowest BCUT2D eigenvalue weighted by Crippen LogP contribution is -2.14. The van der Waals surface area contributed by atoms with Gasteiger partial charge in [0.2, 0.25) is 5.91 Å². The van der Waals surface area contributed by atoms with Crippen LogP contribution in [0, 0.1) is 6.92 Å². The van der Waals surface area contributed by atoms with Crippen LogP contribution in [0.25, 0.3) is 11.3 Å². The van der Waals surface area contributed by atoms with Gasteiger partial charge in [-0.1, -0.05) is 53.8 Å². The van der Waals surface area contributed by atoms with E-state index in [0.29, 0.717) is 15.7 Å². The van der Waals surface area contributed by atoms with Crippen LogP contribution in [-0.4, -0.2) is 23.8 Å². The number of aromatic nitrogens is 1. The summed E-state index contributed by atoms with van der Waals surface area (Å²) in [6, 6.07) is 15.1. The van der Waals surface area contributed by atoms with Gasteiger partial charge in [0.15, 0.2) is 10.9 Å². The molecule has 27 heavy (non-hydrogen) atoms. The van der Waals surface area contributed by atoms with Gasteiger partial charge in [-0.2, -0.15) is 0 Å². The first-order valence-electron chi connectivity index (χ1n) is 8.48. The van der Waals surface area contributed by atoms with Gasteiger partial charge in [0.1, 0.15) is 5.75 Å². The Morgan fingerprint density at radius 2 is 1.89 bits per heavy atom. The van der Waals surface area contributed by atoms with Gasteiger partial charge < -0.3 is 10.1 Å². The monoisotopic (exact) mass is 380 g/mol. The molecule has 5 nitrogen and oxygen atoms in total. The standard InChI is InChI=1S/C21H20N2O3S/c1-13-11-15(9-10-17(13)26-3)12-18(25)22-21-23-19(20(27-21)14(2)24)16-7-5-4-6-8-16/h4-11H,12H2,1-3H3,(H,22,23,25). The van der Waals surface area contributed by atoms with E-state index in [1.54, 1.807) is 7.11 Å². The highest BCUT2D eigenvalue weighted by Gasteiger charge is 2.18. The zero-order valence-electron chi connectivity index (χ0n) is 15.4. The number of carbonyl (C=O) groups is 2. The maximum Gasteiger partial charge on any atom is 0.230 e. The third-order valence-corrected chi connectivity index (χ3v) is 5.14. The fourth-order valence-corrected chi connectivity index (χ4v) is 3.70. The lowest BCUT2D eigenvalue weighted by atomic mass is 10.1. The Morgan fingerprint density at radius 3 is 2.52 bits per heavy atom. The molecule has 0 spiro atoms. The number of ether oxygens (including phenoxy) is 1. The Hall–Kier alpha value is -2.99. The van der Waals surface area contributed by atoms with Crippen molar-refractivity contribution in [3.63, 3.8) is 0 Å². The zero-order chi connectivity index (χ0) is 19.4. The molecule has 0 unspecified atom stereocenters. The molecule has 0 atom stereocenters. The first-order valence-corrected chi connectivity index (χ1v) is 9.30. The van der Waals surface area contributed by atoms with Crippen LogP contribution >= 0.6 is 11.3 Å². The molecule has 3 rings (SSSR count). The van der Waals surface area contributed by atoms with Crippen molar-refractivity contribution in [3.8, 4) is 17.0 Å². The van der Waals surface area contributed by atoms with Gasteiger partial charge in [-0.25, -0.2) is 4.98 Å². The average Bonchev–Trinajstić information content (AvgIpc) is 3.06. The highest BCUT2D eigenvalue weighted by Crippen LogP contribution is 2.31. The number of hydrogen-bond acceptors (Lipinski definition) is 5. The molecular formula is C21H20N2O3S. The molecule has 0 aliphatic carbocycles. The van der Waals surface area contributed by atoms with Crippen molar-refractivity contribution in [2.24, 2.45) is 0 Å². The van der Waals surface area contributed by atoms with Crippen LogP contribution < -0.4 is 10.1 Å². The molecule has 0 saturated heterocycles. The molecule has 1 amide bonds. The van der Waals surface area contributed by atoms with Gasteiger partial charge in [0.05, 0.1) is 24.1 Å². The molecule has 3 aromatic rings. The maximum atomic E-state index is 12.4. The molecule has 0 aliphatic heterocycles. The van der Waals surface area contributed by atoms with Gasteiger partial charge in [0, 0.05) is 12.5 Å². The predicted octanol–water partition coefficient (Wildman–Crippen LogP) is 4.51. The number of benzene rings is 2.